The Hall–Kier alpha value is -3.80. The zero-order valence-electron chi connectivity index (χ0n) is 18.6. The van der Waals surface area contributed by atoms with Gasteiger partial charge in [0.15, 0.2) is 0 Å². The van der Waals surface area contributed by atoms with E-state index in [9.17, 15) is 9.59 Å². The molecule has 2 aromatic heterocycles. The first-order chi connectivity index (χ1) is 16.1. The Morgan fingerprint density at radius 2 is 1.88 bits per heavy atom. The topological polar surface area (TPSA) is 87.1 Å². The number of hydrogen-bond acceptors (Lipinski definition) is 3. The average Bonchev–Trinajstić information content (AvgIpc) is 3.48. The van der Waals surface area contributed by atoms with E-state index in [2.05, 4.69) is 28.6 Å². The van der Waals surface area contributed by atoms with Crippen LogP contribution in [0.15, 0.2) is 65.3 Å². The zero-order chi connectivity index (χ0) is 22.8. The summed E-state index contributed by atoms with van der Waals surface area (Å²) in [7, 11) is 0. The second kappa shape index (κ2) is 8.98. The molecule has 0 aliphatic heterocycles. The van der Waals surface area contributed by atoms with Crippen molar-refractivity contribution in [1.29, 1.82) is 0 Å². The van der Waals surface area contributed by atoms with Crippen molar-refractivity contribution in [1.82, 2.24) is 15.6 Å². The average molecular weight is 442 g/mol. The quantitative estimate of drug-likeness (QED) is 0.404. The number of fused-ring (bicyclic) bond motifs is 3. The number of nitrogens with one attached hydrogen (secondary N) is 3. The van der Waals surface area contributed by atoms with E-state index in [1.54, 1.807) is 24.5 Å². The smallest absolute Gasteiger partial charge is 0.253 e. The van der Waals surface area contributed by atoms with Gasteiger partial charge in [-0.05, 0) is 66.6 Å². The molecule has 0 saturated carbocycles. The fourth-order valence-corrected chi connectivity index (χ4v) is 4.59. The van der Waals surface area contributed by atoms with Gasteiger partial charge in [0.2, 0.25) is 0 Å². The van der Waals surface area contributed by atoms with Crippen molar-refractivity contribution in [2.45, 2.75) is 39.3 Å². The molecule has 4 aromatic rings. The lowest BCUT2D eigenvalue weighted by atomic mass is 9.87. The Morgan fingerprint density at radius 3 is 2.73 bits per heavy atom. The zero-order valence-corrected chi connectivity index (χ0v) is 18.6. The van der Waals surface area contributed by atoms with E-state index in [4.69, 9.17) is 4.42 Å². The Kier molecular flexibility index (Phi) is 5.73. The van der Waals surface area contributed by atoms with Crippen LogP contribution in [0.25, 0.3) is 10.9 Å². The number of para-hydroxylation sites is 1. The second-order valence-corrected chi connectivity index (χ2v) is 8.80. The van der Waals surface area contributed by atoms with E-state index in [1.807, 2.05) is 30.3 Å². The maximum absolute atomic E-state index is 13.0. The molecule has 3 N–H and O–H groups in total. The molecule has 1 atom stereocenters. The minimum Gasteiger partial charge on any atom is -0.467 e. The van der Waals surface area contributed by atoms with Gasteiger partial charge in [-0.1, -0.05) is 31.2 Å². The normalized spacial score (nSPS) is 15.2. The summed E-state index contributed by atoms with van der Waals surface area (Å²) >= 11 is 0. The minimum atomic E-state index is -0.185. The van der Waals surface area contributed by atoms with Crippen LogP contribution >= 0.6 is 0 Å². The van der Waals surface area contributed by atoms with Crippen LogP contribution in [0.5, 0.6) is 0 Å². The first-order valence-electron chi connectivity index (χ1n) is 11.4. The Labute approximate surface area is 192 Å². The predicted octanol–water partition coefficient (Wildman–Crippen LogP) is 4.75. The fourth-order valence-electron chi connectivity index (χ4n) is 4.59. The molecule has 1 unspecified atom stereocenters. The first kappa shape index (κ1) is 21.1. The molecule has 0 saturated heterocycles. The van der Waals surface area contributed by atoms with Crippen LogP contribution in [0.3, 0.4) is 0 Å². The maximum Gasteiger partial charge on any atom is 0.253 e. The lowest BCUT2D eigenvalue weighted by molar-refractivity contribution is 0.0944. The minimum absolute atomic E-state index is 0.125. The summed E-state index contributed by atoms with van der Waals surface area (Å²) in [6.07, 6.45) is 4.83. The van der Waals surface area contributed by atoms with E-state index < -0.39 is 0 Å². The molecule has 1 aliphatic carbocycles. The van der Waals surface area contributed by atoms with Crippen LogP contribution in [0.1, 0.15) is 56.6 Å². The molecular weight excluding hydrogens is 414 g/mol. The van der Waals surface area contributed by atoms with Crippen molar-refractivity contribution in [2.24, 2.45) is 5.92 Å². The van der Waals surface area contributed by atoms with Crippen molar-refractivity contribution in [2.75, 3.05) is 0 Å². The molecule has 5 rings (SSSR count). The molecule has 2 heterocycles. The van der Waals surface area contributed by atoms with Gasteiger partial charge in [-0.25, -0.2) is 0 Å². The van der Waals surface area contributed by atoms with Gasteiger partial charge in [0.05, 0.1) is 23.9 Å². The summed E-state index contributed by atoms with van der Waals surface area (Å²) in [5, 5.41) is 7.01. The Bertz CT molecular complexity index is 1300. The van der Waals surface area contributed by atoms with Gasteiger partial charge in [0.25, 0.3) is 11.8 Å². The molecule has 6 heteroatoms. The number of carbonyl (C=O) groups excluding carboxylic acids is 2. The van der Waals surface area contributed by atoms with E-state index in [1.165, 1.54) is 17.7 Å². The first-order valence-corrected chi connectivity index (χ1v) is 11.4. The lowest BCUT2D eigenvalue weighted by Gasteiger charge is -2.17. The van der Waals surface area contributed by atoms with E-state index in [-0.39, 0.29) is 11.8 Å². The molecule has 0 fully saturated rings. The summed E-state index contributed by atoms with van der Waals surface area (Å²) in [6, 6.07) is 16.8. The van der Waals surface area contributed by atoms with Gasteiger partial charge in [0.1, 0.15) is 5.76 Å². The Balaban J connectivity index is 1.27. The van der Waals surface area contributed by atoms with Crippen molar-refractivity contribution < 1.29 is 14.0 Å². The third-order valence-corrected chi connectivity index (χ3v) is 6.36. The summed E-state index contributed by atoms with van der Waals surface area (Å²) in [5.41, 5.74) is 5.59. The van der Waals surface area contributed by atoms with Gasteiger partial charge < -0.3 is 20.0 Å². The number of aromatic amines is 1. The Morgan fingerprint density at radius 1 is 1.03 bits per heavy atom. The fraction of sp³-hybridized carbons (Fsp3) is 0.259. The molecule has 2 aromatic carbocycles. The maximum atomic E-state index is 13.0. The molecule has 1 aliphatic rings. The molecule has 33 heavy (non-hydrogen) atoms. The lowest BCUT2D eigenvalue weighted by Crippen LogP contribution is -2.24. The number of benzene rings is 2. The molecule has 2 amide bonds. The number of aromatic nitrogens is 1. The van der Waals surface area contributed by atoms with Crippen LogP contribution in [-0.4, -0.2) is 16.8 Å². The van der Waals surface area contributed by atoms with Gasteiger partial charge in [0, 0.05) is 23.2 Å². The third kappa shape index (κ3) is 4.42. The molecule has 168 valence electrons. The summed E-state index contributed by atoms with van der Waals surface area (Å²) < 4.78 is 5.25. The van der Waals surface area contributed by atoms with Gasteiger partial charge in [-0.2, -0.15) is 0 Å². The second-order valence-electron chi connectivity index (χ2n) is 8.80. The summed E-state index contributed by atoms with van der Waals surface area (Å²) in [5.74, 6) is 1.05. The van der Waals surface area contributed by atoms with Crippen LogP contribution in [0, 0.1) is 5.92 Å². The summed E-state index contributed by atoms with van der Waals surface area (Å²) in [6.45, 7) is 2.95. The highest BCUT2D eigenvalue weighted by Crippen LogP contribution is 2.33. The predicted molar refractivity (Wildman–Crippen MR) is 127 cm³/mol. The van der Waals surface area contributed by atoms with Gasteiger partial charge >= 0.3 is 0 Å². The molecule has 0 spiro atoms. The monoisotopic (exact) mass is 441 g/mol. The van der Waals surface area contributed by atoms with E-state index >= 15 is 0 Å². The van der Waals surface area contributed by atoms with E-state index in [0.29, 0.717) is 35.9 Å². The SMILES string of the molecule is CC1CCc2[nH]c3c(C(=O)NCc4cccc(C(=O)NCc5ccco5)c4)cccc3c2C1. The highest BCUT2D eigenvalue weighted by molar-refractivity contribution is 6.06. The van der Waals surface area contributed by atoms with Crippen molar-refractivity contribution in [3.05, 3.63) is 94.6 Å². The standard InChI is InChI=1S/C27H27N3O3/c1-17-10-11-24-23(13-17)21-8-3-9-22(25(21)30-24)27(32)28-15-18-5-2-6-19(14-18)26(31)29-16-20-7-4-12-33-20/h2-9,12,14,17,30H,10-11,13,15-16H2,1H3,(H,28,32)(H,29,31). The van der Waals surface area contributed by atoms with Crippen molar-refractivity contribution in [3.8, 4) is 0 Å². The van der Waals surface area contributed by atoms with Gasteiger partial charge in [-0.15, -0.1) is 0 Å². The van der Waals surface area contributed by atoms with Crippen molar-refractivity contribution in [3.63, 3.8) is 0 Å². The van der Waals surface area contributed by atoms with Crippen LogP contribution in [0.2, 0.25) is 0 Å². The largest absolute Gasteiger partial charge is 0.467 e. The number of carbonyl (C=O) groups is 2. The number of rotatable bonds is 6. The highest BCUT2D eigenvalue weighted by atomic mass is 16.3. The molecule has 0 radical (unpaired) electrons. The number of aryl methyl sites for hydroxylation is 1. The number of H-pyrrole nitrogens is 1. The summed E-state index contributed by atoms with van der Waals surface area (Å²) in [4.78, 5) is 29.0. The highest BCUT2D eigenvalue weighted by Gasteiger charge is 2.22. The van der Waals surface area contributed by atoms with Crippen LogP contribution in [0.4, 0.5) is 0 Å². The van der Waals surface area contributed by atoms with Crippen molar-refractivity contribution >= 4 is 22.7 Å². The number of furan rings is 1. The van der Waals surface area contributed by atoms with Crippen LogP contribution in [-0.2, 0) is 25.9 Å². The molecular formula is C27H27N3O3. The van der Waals surface area contributed by atoms with Gasteiger partial charge in [-0.3, -0.25) is 9.59 Å². The number of amides is 2. The molecule has 6 nitrogen and oxygen atoms in total. The third-order valence-electron chi connectivity index (χ3n) is 6.36. The molecule has 0 bridgehead atoms. The van der Waals surface area contributed by atoms with Crippen LogP contribution < -0.4 is 10.6 Å². The van der Waals surface area contributed by atoms with E-state index in [0.717, 1.165) is 29.3 Å². The number of hydrogen-bond donors (Lipinski definition) is 3.